The van der Waals surface area contributed by atoms with Gasteiger partial charge in [-0.05, 0) is 13.8 Å². The Labute approximate surface area is 51.2 Å². The van der Waals surface area contributed by atoms with Gasteiger partial charge in [0.15, 0.2) is 0 Å². The van der Waals surface area contributed by atoms with Crippen LogP contribution in [0.4, 0.5) is 0 Å². The summed E-state index contributed by atoms with van der Waals surface area (Å²) >= 11 is 0. The summed E-state index contributed by atoms with van der Waals surface area (Å²) in [7, 11) is 3.79. The Kier molecular flexibility index (Phi) is 3.24. The summed E-state index contributed by atoms with van der Waals surface area (Å²) in [6.45, 7) is 4.25. The van der Waals surface area contributed by atoms with Gasteiger partial charge in [-0.25, -0.2) is 0 Å². The molecule has 0 aromatic carbocycles. The van der Waals surface area contributed by atoms with Crippen molar-refractivity contribution in [2.75, 3.05) is 14.1 Å². The third-order valence-corrected chi connectivity index (χ3v) is 1.11. The number of rotatable bonds is 2. The number of hydrogen-bond acceptors (Lipinski definition) is 1. The van der Waals surface area contributed by atoms with Gasteiger partial charge in [0.25, 0.3) is 0 Å². The predicted molar refractivity (Wildman–Crippen MR) is 37.3 cm³/mol. The van der Waals surface area contributed by atoms with Gasteiger partial charge in [0, 0.05) is 20.1 Å². The van der Waals surface area contributed by atoms with Gasteiger partial charge in [0.1, 0.15) is 0 Å². The van der Waals surface area contributed by atoms with Gasteiger partial charge in [-0.3, -0.25) is 4.99 Å². The molecule has 48 valence electrons. The van der Waals surface area contributed by atoms with Crippen LogP contribution in [0.1, 0.15) is 13.8 Å². The summed E-state index contributed by atoms with van der Waals surface area (Å²) in [5.74, 6) is 0. The van der Waals surface area contributed by atoms with E-state index in [1.54, 1.807) is 7.05 Å². The van der Waals surface area contributed by atoms with Crippen LogP contribution in [0.3, 0.4) is 0 Å². The second-order valence-corrected chi connectivity index (χ2v) is 2.13. The molecular formula is C6H14N2. The van der Waals surface area contributed by atoms with Crippen LogP contribution < -0.4 is 0 Å². The Morgan fingerprint density at radius 2 is 2.00 bits per heavy atom. The molecule has 0 spiro atoms. The van der Waals surface area contributed by atoms with Crippen molar-refractivity contribution in [3.8, 4) is 0 Å². The highest BCUT2D eigenvalue weighted by Gasteiger charge is 1.93. The van der Waals surface area contributed by atoms with Crippen LogP contribution in [0.5, 0.6) is 0 Å². The maximum absolute atomic E-state index is 3.86. The molecule has 0 heterocycles. The van der Waals surface area contributed by atoms with Crippen molar-refractivity contribution in [1.82, 2.24) is 4.90 Å². The maximum Gasteiger partial charge on any atom is 0.0846 e. The number of nitrogens with zero attached hydrogens (tertiary/aromatic N) is 2. The van der Waals surface area contributed by atoms with E-state index in [9.17, 15) is 0 Å². The van der Waals surface area contributed by atoms with Crippen LogP contribution in [-0.2, 0) is 0 Å². The summed E-state index contributed by atoms with van der Waals surface area (Å²) in [6.07, 6.45) is 1.82. The number of aliphatic imine (C=N–C) groups is 1. The van der Waals surface area contributed by atoms with E-state index in [1.807, 2.05) is 13.4 Å². The monoisotopic (exact) mass is 114 g/mol. The first-order valence-corrected chi connectivity index (χ1v) is 2.82. The highest BCUT2D eigenvalue weighted by Crippen LogP contribution is 1.86. The molecule has 0 radical (unpaired) electrons. The molecule has 0 aliphatic carbocycles. The van der Waals surface area contributed by atoms with E-state index in [-0.39, 0.29) is 0 Å². The lowest BCUT2D eigenvalue weighted by Gasteiger charge is -2.16. The summed E-state index contributed by atoms with van der Waals surface area (Å²) in [6, 6.07) is 0.554. The van der Waals surface area contributed by atoms with Crippen molar-refractivity contribution in [3.05, 3.63) is 0 Å². The van der Waals surface area contributed by atoms with Crippen molar-refractivity contribution >= 4 is 6.34 Å². The molecule has 0 saturated heterocycles. The summed E-state index contributed by atoms with van der Waals surface area (Å²) in [4.78, 5) is 5.91. The van der Waals surface area contributed by atoms with Gasteiger partial charge in [-0.2, -0.15) is 0 Å². The first-order valence-electron chi connectivity index (χ1n) is 2.82. The van der Waals surface area contributed by atoms with E-state index in [4.69, 9.17) is 0 Å². The van der Waals surface area contributed by atoms with E-state index < -0.39 is 0 Å². The molecule has 0 atom stereocenters. The quantitative estimate of drug-likeness (QED) is 0.386. The van der Waals surface area contributed by atoms with Crippen molar-refractivity contribution < 1.29 is 0 Å². The molecule has 0 amide bonds. The van der Waals surface area contributed by atoms with E-state index in [1.165, 1.54) is 0 Å². The topological polar surface area (TPSA) is 15.6 Å². The zero-order valence-corrected chi connectivity index (χ0v) is 6.05. The second-order valence-electron chi connectivity index (χ2n) is 2.13. The third kappa shape index (κ3) is 2.61. The molecule has 0 aromatic heterocycles. The molecule has 2 nitrogen and oxygen atoms in total. The number of hydrogen-bond donors (Lipinski definition) is 0. The fourth-order valence-electron chi connectivity index (χ4n) is 0.315. The summed E-state index contributed by atoms with van der Waals surface area (Å²) < 4.78 is 0. The van der Waals surface area contributed by atoms with Crippen molar-refractivity contribution in [2.24, 2.45) is 4.99 Å². The van der Waals surface area contributed by atoms with Crippen LogP contribution in [0.25, 0.3) is 0 Å². The van der Waals surface area contributed by atoms with Gasteiger partial charge >= 0.3 is 0 Å². The van der Waals surface area contributed by atoms with Gasteiger partial charge in [-0.1, -0.05) is 0 Å². The standard InChI is InChI=1S/C6H14N2/c1-6(2)8(4)5-7-3/h5-6H,1-4H3/b7-5+. The Balaban J connectivity index is 3.47. The lowest BCUT2D eigenvalue weighted by Crippen LogP contribution is -2.24. The molecule has 0 aliphatic heterocycles. The van der Waals surface area contributed by atoms with Crippen LogP contribution in [0.15, 0.2) is 4.99 Å². The smallest absolute Gasteiger partial charge is 0.0846 e. The fraction of sp³-hybridized carbons (Fsp3) is 0.833. The van der Waals surface area contributed by atoms with Crippen molar-refractivity contribution in [1.29, 1.82) is 0 Å². The molecule has 0 rings (SSSR count). The van der Waals surface area contributed by atoms with Gasteiger partial charge in [0.05, 0.1) is 6.34 Å². The Morgan fingerprint density at radius 1 is 1.50 bits per heavy atom. The van der Waals surface area contributed by atoms with Crippen LogP contribution in [0.2, 0.25) is 0 Å². The normalized spacial score (nSPS) is 11.1. The van der Waals surface area contributed by atoms with Crippen LogP contribution >= 0.6 is 0 Å². The third-order valence-electron chi connectivity index (χ3n) is 1.11. The molecule has 0 fully saturated rings. The van der Waals surface area contributed by atoms with Gasteiger partial charge in [0.2, 0.25) is 0 Å². The molecule has 0 unspecified atom stereocenters. The van der Waals surface area contributed by atoms with E-state index in [0.29, 0.717) is 6.04 Å². The highest BCUT2D eigenvalue weighted by atomic mass is 15.1. The van der Waals surface area contributed by atoms with Gasteiger partial charge in [-0.15, -0.1) is 0 Å². The fourth-order valence-corrected chi connectivity index (χ4v) is 0.315. The van der Waals surface area contributed by atoms with Crippen LogP contribution in [0, 0.1) is 0 Å². The molecule has 0 bridgehead atoms. The molecule has 0 saturated carbocycles. The molecule has 0 aliphatic rings. The molecule has 8 heavy (non-hydrogen) atoms. The second kappa shape index (κ2) is 3.47. The minimum Gasteiger partial charge on any atom is -0.364 e. The van der Waals surface area contributed by atoms with Gasteiger partial charge < -0.3 is 4.90 Å². The minimum absolute atomic E-state index is 0.554. The first kappa shape index (κ1) is 7.47. The first-order chi connectivity index (χ1) is 3.68. The van der Waals surface area contributed by atoms with E-state index in [0.717, 1.165) is 0 Å². The molecule has 0 aromatic rings. The lowest BCUT2D eigenvalue weighted by atomic mass is 10.4. The molecule has 0 N–H and O–H groups in total. The lowest BCUT2D eigenvalue weighted by molar-refractivity contribution is 0.429. The SMILES string of the molecule is C/N=C/N(C)C(C)C. The average molecular weight is 114 g/mol. The largest absolute Gasteiger partial charge is 0.364 e. The maximum atomic E-state index is 3.86. The minimum atomic E-state index is 0.554. The Bertz CT molecular complexity index is 76.6. The van der Waals surface area contributed by atoms with Crippen molar-refractivity contribution in [2.45, 2.75) is 19.9 Å². The van der Waals surface area contributed by atoms with Crippen molar-refractivity contribution in [3.63, 3.8) is 0 Å². The van der Waals surface area contributed by atoms with Crippen LogP contribution in [-0.4, -0.2) is 31.4 Å². The van der Waals surface area contributed by atoms with E-state index in [2.05, 4.69) is 23.7 Å². The molecular weight excluding hydrogens is 100 g/mol. The Hall–Kier alpha value is -0.530. The predicted octanol–water partition coefficient (Wildman–Crippen LogP) is 0.985. The molecule has 2 heteroatoms. The summed E-state index contributed by atoms with van der Waals surface area (Å²) in [5, 5.41) is 0. The Morgan fingerprint density at radius 3 is 2.12 bits per heavy atom. The summed E-state index contributed by atoms with van der Waals surface area (Å²) in [5.41, 5.74) is 0. The van der Waals surface area contributed by atoms with E-state index >= 15 is 0 Å². The zero-order valence-electron chi connectivity index (χ0n) is 6.05. The average Bonchev–Trinajstić information content (AvgIpc) is 1.67. The zero-order chi connectivity index (χ0) is 6.57. The highest BCUT2D eigenvalue weighted by molar-refractivity contribution is 5.54.